The lowest BCUT2D eigenvalue weighted by Crippen LogP contribution is -2.03. The summed E-state index contributed by atoms with van der Waals surface area (Å²) in [4.78, 5) is 14.5. The van der Waals surface area contributed by atoms with Gasteiger partial charge in [0, 0.05) is 23.9 Å². The molecule has 0 aliphatic rings. The van der Waals surface area contributed by atoms with Crippen LogP contribution in [0.5, 0.6) is 0 Å². The lowest BCUT2D eigenvalue weighted by Gasteiger charge is -2.06. The second-order valence-electron chi connectivity index (χ2n) is 3.54. The lowest BCUT2D eigenvalue weighted by molar-refractivity contribution is 0.112. The van der Waals surface area contributed by atoms with Crippen molar-refractivity contribution in [1.82, 2.24) is 4.98 Å². The molecule has 2 aromatic rings. The molecule has 2 rings (SSSR count). The number of carbonyl (C=O) groups is 1. The number of hydrogen-bond acceptors (Lipinski definition) is 3. The lowest BCUT2D eigenvalue weighted by atomic mass is 10.2. The molecule has 17 heavy (non-hydrogen) atoms. The largest absolute Gasteiger partial charge is 0.366 e. The van der Waals surface area contributed by atoms with Crippen molar-refractivity contribution in [1.29, 1.82) is 0 Å². The Kier molecular flexibility index (Phi) is 3.45. The number of rotatable bonds is 4. The summed E-state index contributed by atoms with van der Waals surface area (Å²) in [7, 11) is 0. The van der Waals surface area contributed by atoms with Crippen molar-refractivity contribution in [3.63, 3.8) is 0 Å². The first kappa shape index (κ1) is 11.3. The zero-order chi connectivity index (χ0) is 12.1. The highest BCUT2D eigenvalue weighted by Crippen LogP contribution is 2.09. The summed E-state index contributed by atoms with van der Waals surface area (Å²) in [5.74, 6) is 0.364. The Balaban J connectivity index is 2.02. The van der Waals surface area contributed by atoms with E-state index in [2.05, 4.69) is 10.3 Å². The Hall–Kier alpha value is -2.23. The number of hydrogen-bond donors (Lipinski definition) is 1. The quantitative estimate of drug-likeness (QED) is 0.821. The number of nitrogens with zero attached hydrogens (tertiary/aromatic N) is 1. The van der Waals surface area contributed by atoms with Gasteiger partial charge in [0.05, 0.1) is 0 Å². The van der Waals surface area contributed by atoms with Gasteiger partial charge < -0.3 is 5.32 Å². The Labute approximate surface area is 98.3 Å². The molecule has 1 N–H and O–H groups in total. The fraction of sp³-hybridized carbons (Fsp3) is 0.0769. The van der Waals surface area contributed by atoms with Gasteiger partial charge in [-0.25, -0.2) is 9.37 Å². The van der Waals surface area contributed by atoms with E-state index in [1.54, 1.807) is 30.3 Å². The number of aromatic nitrogens is 1. The molecule has 0 unspecified atom stereocenters. The number of anilines is 1. The fourth-order valence-electron chi connectivity index (χ4n) is 1.41. The van der Waals surface area contributed by atoms with E-state index in [0.717, 1.165) is 6.29 Å². The Morgan fingerprint density at radius 1 is 1.24 bits per heavy atom. The van der Waals surface area contributed by atoms with Gasteiger partial charge in [-0.2, -0.15) is 0 Å². The number of nitrogens with one attached hydrogen (secondary N) is 1. The first-order valence-corrected chi connectivity index (χ1v) is 5.18. The highest BCUT2D eigenvalue weighted by atomic mass is 19.1. The third kappa shape index (κ3) is 2.87. The summed E-state index contributed by atoms with van der Waals surface area (Å²) < 4.78 is 13.3. The Bertz CT molecular complexity index is 511. The number of pyridine rings is 1. The van der Waals surface area contributed by atoms with Crippen molar-refractivity contribution in [2.24, 2.45) is 0 Å². The van der Waals surface area contributed by atoms with Crippen LogP contribution in [0, 0.1) is 5.82 Å². The zero-order valence-corrected chi connectivity index (χ0v) is 9.06. The van der Waals surface area contributed by atoms with E-state index in [9.17, 15) is 9.18 Å². The molecule has 4 heteroatoms. The molecule has 0 fully saturated rings. The molecule has 1 aromatic carbocycles. The van der Waals surface area contributed by atoms with E-state index in [1.807, 2.05) is 0 Å². The van der Waals surface area contributed by atoms with Crippen LogP contribution in [0.25, 0.3) is 0 Å². The third-order valence-corrected chi connectivity index (χ3v) is 2.34. The van der Waals surface area contributed by atoms with Crippen LogP contribution in [0.3, 0.4) is 0 Å². The minimum atomic E-state index is -0.246. The predicted molar refractivity (Wildman–Crippen MR) is 63.4 cm³/mol. The standard InChI is InChI=1S/C13H11FN2O/c14-12-4-2-1-3-11(12)8-16-13-6-5-10(9-17)7-15-13/h1-7,9H,8H2,(H,15,16). The Morgan fingerprint density at radius 2 is 2.06 bits per heavy atom. The molecule has 1 heterocycles. The number of halogens is 1. The second kappa shape index (κ2) is 5.21. The van der Waals surface area contributed by atoms with Gasteiger partial charge in [0.25, 0.3) is 0 Å². The zero-order valence-electron chi connectivity index (χ0n) is 9.06. The Morgan fingerprint density at radius 3 is 2.71 bits per heavy atom. The van der Waals surface area contributed by atoms with Gasteiger partial charge in [-0.3, -0.25) is 4.79 Å². The first-order valence-electron chi connectivity index (χ1n) is 5.18. The average molecular weight is 230 g/mol. The van der Waals surface area contributed by atoms with E-state index in [-0.39, 0.29) is 5.82 Å². The van der Waals surface area contributed by atoms with Crippen molar-refractivity contribution in [2.75, 3.05) is 5.32 Å². The smallest absolute Gasteiger partial charge is 0.151 e. The summed E-state index contributed by atoms with van der Waals surface area (Å²) in [5, 5.41) is 2.99. The summed E-state index contributed by atoms with van der Waals surface area (Å²) in [6.07, 6.45) is 2.20. The maximum absolute atomic E-state index is 13.3. The van der Waals surface area contributed by atoms with E-state index in [0.29, 0.717) is 23.5 Å². The van der Waals surface area contributed by atoms with Crippen LogP contribution in [-0.2, 0) is 6.54 Å². The summed E-state index contributed by atoms with van der Waals surface area (Å²) in [5.41, 5.74) is 1.09. The molecular formula is C13H11FN2O. The molecule has 0 saturated carbocycles. The SMILES string of the molecule is O=Cc1ccc(NCc2ccccc2F)nc1. The minimum absolute atomic E-state index is 0.246. The number of benzene rings is 1. The molecule has 0 radical (unpaired) electrons. The molecule has 0 aliphatic heterocycles. The normalized spacial score (nSPS) is 9.94. The second-order valence-corrected chi connectivity index (χ2v) is 3.54. The van der Waals surface area contributed by atoms with Crippen LogP contribution in [0.2, 0.25) is 0 Å². The van der Waals surface area contributed by atoms with Crippen LogP contribution in [0.1, 0.15) is 15.9 Å². The van der Waals surface area contributed by atoms with Crippen LogP contribution in [0.4, 0.5) is 10.2 Å². The molecule has 0 amide bonds. The van der Waals surface area contributed by atoms with Gasteiger partial charge in [-0.05, 0) is 18.2 Å². The predicted octanol–water partition coefficient (Wildman–Crippen LogP) is 2.65. The van der Waals surface area contributed by atoms with E-state index < -0.39 is 0 Å². The molecule has 1 aromatic heterocycles. The monoisotopic (exact) mass is 230 g/mol. The summed E-state index contributed by atoms with van der Waals surface area (Å²) >= 11 is 0. The van der Waals surface area contributed by atoms with E-state index in [4.69, 9.17) is 0 Å². The van der Waals surface area contributed by atoms with Gasteiger partial charge in [0.15, 0.2) is 6.29 Å². The van der Waals surface area contributed by atoms with Gasteiger partial charge in [-0.1, -0.05) is 18.2 Å². The average Bonchev–Trinajstić information content (AvgIpc) is 2.38. The van der Waals surface area contributed by atoms with Crippen LogP contribution in [-0.4, -0.2) is 11.3 Å². The summed E-state index contributed by atoms with van der Waals surface area (Å²) in [6.45, 7) is 0.361. The molecule has 0 bridgehead atoms. The topological polar surface area (TPSA) is 42.0 Å². The van der Waals surface area contributed by atoms with Gasteiger partial charge in [0.2, 0.25) is 0 Å². The van der Waals surface area contributed by atoms with Crippen molar-refractivity contribution < 1.29 is 9.18 Å². The fourth-order valence-corrected chi connectivity index (χ4v) is 1.41. The molecule has 86 valence electrons. The molecule has 3 nitrogen and oxygen atoms in total. The van der Waals surface area contributed by atoms with Gasteiger partial charge in [-0.15, -0.1) is 0 Å². The van der Waals surface area contributed by atoms with Crippen molar-refractivity contribution in [3.05, 3.63) is 59.5 Å². The van der Waals surface area contributed by atoms with Crippen LogP contribution in [0.15, 0.2) is 42.6 Å². The maximum Gasteiger partial charge on any atom is 0.151 e. The molecular weight excluding hydrogens is 219 g/mol. The molecule has 0 atom stereocenters. The first-order chi connectivity index (χ1) is 8.29. The highest BCUT2D eigenvalue weighted by molar-refractivity contribution is 5.74. The van der Waals surface area contributed by atoms with E-state index >= 15 is 0 Å². The van der Waals surface area contributed by atoms with Crippen molar-refractivity contribution >= 4 is 12.1 Å². The molecule has 0 aliphatic carbocycles. The van der Waals surface area contributed by atoms with Crippen LogP contribution >= 0.6 is 0 Å². The van der Waals surface area contributed by atoms with Crippen molar-refractivity contribution in [3.8, 4) is 0 Å². The number of carbonyl (C=O) groups excluding carboxylic acids is 1. The van der Waals surface area contributed by atoms with Crippen molar-refractivity contribution in [2.45, 2.75) is 6.54 Å². The van der Waals surface area contributed by atoms with Gasteiger partial charge >= 0.3 is 0 Å². The van der Waals surface area contributed by atoms with Crippen LogP contribution < -0.4 is 5.32 Å². The minimum Gasteiger partial charge on any atom is -0.366 e. The maximum atomic E-state index is 13.3. The van der Waals surface area contributed by atoms with E-state index in [1.165, 1.54) is 12.3 Å². The molecule has 0 saturated heterocycles. The highest BCUT2D eigenvalue weighted by Gasteiger charge is 2.00. The number of aldehydes is 1. The molecule has 0 spiro atoms. The third-order valence-electron chi connectivity index (χ3n) is 2.34. The summed E-state index contributed by atoms with van der Waals surface area (Å²) in [6, 6.07) is 9.90. The van der Waals surface area contributed by atoms with Gasteiger partial charge in [0.1, 0.15) is 11.6 Å².